The first-order chi connectivity index (χ1) is 16.7. The summed E-state index contributed by atoms with van der Waals surface area (Å²) < 4.78 is 2.09. The number of benzene rings is 1. The summed E-state index contributed by atoms with van der Waals surface area (Å²) >= 11 is 0. The van der Waals surface area contributed by atoms with Crippen molar-refractivity contribution in [3.8, 4) is 17.1 Å². The molecule has 0 saturated carbocycles. The highest BCUT2D eigenvalue weighted by atomic mass is 15.2. The molecule has 7 heteroatoms. The summed E-state index contributed by atoms with van der Waals surface area (Å²) in [4.78, 5) is 16.7. The normalized spacial score (nSPS) is 16.3. The lowest BCUT2D eigenvalue weighted by molar-refractivity contribution is 0.233. The first kappa shape index (κ1) is 20.8. The lowest BCUT2D eigenvalue weighted by Crippen LogP contribution is -2.42. The zero-order chi connectivity index (χ0) is 23.1. The number of nitrogen functional groups attached to an aromatic ring is 1. The Kier molecular flexibility index (Phi) is 5.20. The smallest absolute Gasteiger partial charge is 0.165 e. The Morgan fingerprint density at radius 2 is 1.76 bits per heavy atom. The Morgan fingerprint density at radius 1 is 0.971 bits per heavy atom. The number of fused-ring (bicyclic) bond motifs is 1. The molecule has 4 aromatic rings. The standard InChI is InChI=1S/C27H27N7/c1-18-15-20(16-18)23-8-9-24-27(31-23)34(26(32-24)22-3-2-10-30-25(22)28)21-6-4-19(5-7-21)17-33-13-11-29-12-14-33/h2-10,15-16,29H,11-14,17H2,1H3,(H2,28,30). The Labute approximate surface area is 198 Å². The monoisotopic (exact) mass is 449 g/mol. The van der Waals surface area contributed by atoms with Gasteiger partial charge in [-0.15, -0.1) is 0 Å². The van der Waals surface area contributed by atoms with Crippen LogP contribution in [0.3, 0.4) is 0 Å². The number of hydrogen-bond acceptors (Lipinski definition) is 6. The SMILES string of the molecule is CC1=CC(c2ccc3nc(-c4cccnc4N)n(-c4ccc(CN5CCNCC5)cc4)c3n2)=C1. The molecular formula is C27H27N7. The highest BCUT2D eigenvalue weighted by Crippen LogP contribution is 2.32. The molecule has 0 amide bonds. The molecule has 0 spiro atoms. The molecule has 170 valence electrons. The van der Waals surface area contributed by atoms with Gasteiger partial charge in [0.2, 0.25) is 0 Å². The number of imidazole rings is 1. The highest BCUT2D eigenvalue weighted by Gasteiger charge is 2.20. The zero-order valence-electron chi connectivity index (χ0n) is 19.2. The average Bonchev–Trinajstić information content (AvgIpc) is 3.22. The summed E-state index contributed by atoms with van der Waals surface area (Å²) in [5, 5.41) is 3.41. The number of hydrogen-bond donors (Lipinski definition) is 2. The van der Waals surface area contributed by atoms with E-state index in [4.69, 9.17) is 15.7 Å². The number of piperazine rings is 1. The van der Waals surface area contributed by atoms with Crippen molar-refractivity contribution in [1.29, 1.82) is 0 Å². The summed E-state index contributed by atoms with van der Waals surface area (Å²) in [6.45, 7) is 7.31. The molecule has 1 aromatic carbocycles. The minimum atomic E-state index is 0.454. The second-order valence-electron chi connectivity index (χ2n) is 8.93. The van der Waals surface area contributed by atoms with Gasteiger partial charge >= 0.3 is 0 Å². The van der Waals surface area contributed by atoms with Crippen molar-refractivity contribution in [2.24, 2.45) is 0 Å². The summed E-state index contributed by atoms with van der Waals surface area (Å²) in [6.07, 6.45) is 6.00. The number of anilines is 1. The first-order valence-corrected chi connectivity index (χ1v) is 11.7. The number of rotatable bonds is 5. The van der Waals surface area contributed by atoms with E-state index < -0.39 is 0 Å². The van der Waals surface area contributed by atoms with Crippen LogP contribution >= 0.6 is 0 Å². The van der Waals surface area contributed by atoms with Gasteiger partial charge in [-0.3, -0.25) is 9.47 Å². The summed E-state index contributed by atoms with van der Waals surface area (Å²) in [5.41, 5.74) is 14.3. The second kappa shape index (κ2) is 8.52. The second-order valence-corrected chi connectivity index (χ2v) is 8.93. The van der Waals surface area contributed by atoms with E-state index >= 15 is 0 Å². The largest absolute Gasteiger partial charge is 0.383 e. The third-order valence-electron chi connectivity index (χ3n) is 6.46. The van der Waals surface area contributed by atoms with Crippen LogP contribution in [0.5, 0.6) is 0 Å². The maximum absolute atomic E-state index is 6.26. The minimum absolute atomic E-state index is 0.454. The molecule has 1 aliphatic carbocycles. The van der Waals surface area contributed by atoms with Crippen molar-refractivity contribution in [2.75, 3.05) is 31.9 Å². The molecule has 1 fully saturated rings. The molecule has 4 heterocycles. The van der Waals surface area contributed by atoms with Gasteiger partial charge in [-0.2, -0.15) is 0 Å². The summed E-state index contributed by atoms with van der Waals surface area (Å²) in [6, 6.07) is 16.6. The van der Waals surface area contributed by atoms with E-state index in [0.29, 0.717) is 5.82 Å². The van der Waals surface area contributed by atoms with Gasteiger partial charge in [-0.25, -0.2) is 15.0 Å². The Hall–Kier alpha value is -3.81. The quantitative estimate of drug-likeness (QED) is 0.482. The van der Waals surface area contributed by atoms with Crippen LogP contribution in [0.2, 0.25) is 0 Å². The Morgan fingerprint density at radius 3 is 2.50 bits per heavy atom. The maximum atomic E-state index is 6.26. The van der Waals surface area contributed by atoms with E-state index in [1.165, 1.54) is 11.1 Å². The predicted octanol–water partition coefficient (Wildman–Crippen LogP) is 3.81. The summed E-state index contributed by atoms with van der Waals surface area (Å²) in [7, 11) is 0. The molecule has 3 aromatic heterocycles. The van der Waals surface area contributed by atoms with Gasteiger partial charge in [0.25, 0.3) is 0 Å². The molecule has 6 rings (SSSR count). The molecule has 2 aliphatic rings. The van der Waals surface area contributed by atoms with Crippen LogP contribution in [-0.2, 0) is 6.54 Å². The fraction of sp³-hybridized carbons (Fsp3) is 0.222. The van der Waals surface area contributed by atoms with Gasteiger partial charge < -0.3 is 11.1 Å². The van der Waals surface area contributed by atoms with Crippen molar-refractivity contribution in [1.82, 2.24) is 29.7 Å². The van der Waals surface area contributed by atoms with E-state index in [-0.39, 0.29) is 0 Å². The van der Waals surface area contributed by atoms with Gasteiger partial charge in [0, 0.05) is 50.2 Å². The fourth-order valence-corrected chi connectivity index (χ4v) is 4.65. The molecule has 0 bridgehead atoms. The molecule has 0 radical (unpaired) electrons. The molecule has 0 atom stereocenters. The molecule has 0 unspecified atom stereocenters. The Bertz CT molecular complexity index is 1420. The zero-order valence-corrected chi connectivity index (χ0v) is 19.2. The fourth-order valence-electron chi connectivity index (χ4n) is 4.65. The number of nitrogens with zero attached hydrogens (tertiary/aromatic N) is 5. The van der Waals surface area contributed by atoms with E-state index in [1.807, 2.05) is 24.3 Å². The van der Waals surface area contributed by atoms with Gasteiger partial charge in [-0.1, -0.05) is 12.1 Å². The van der Waals surface area contributed by atoms with Crippen LogP contribution in [0.1, 0.15) is 18.2 Å². The van der Waals surface area contributed by atoms with E-state index in [0.717, 1.165) is 72.2 Å². The molecule has 3 N–H and O–H groups in total. The predicted molar refractivity (Wildman–Crippen MR) is 136 cm³/mol. The number of aromatic nitrogens is 4. The third kappa shape index (κ3) is 3.79. The number of allylic oxidation sites excluding steroid dienone is 4. The third-order valence-corrected chi connectivity index (χ3v) is 6.46. The van der Waals surface area contributed by atoms with Crippen LogP contribution in [0, 0.1) is 0 Å². The highest BCUT2D eigenvalue weighted by molar-refractivity contribution is 5.87. The summed E-state index contributed by atoms with van der Waals surface area (Å²) in [5.74, 6) is 1.20. The molecule has 7 nitrogen and oxygen atoms in total. The maximum Gasteiger partial charge on any atom is 0.165 e. The van der Waals surface area contributed by atoms with Crippen molar-refractivity contribution in [2.45, 2.75) is 13.5 Å². The topological polar surface area (TPSA) is 84.9 Å². The molecule has 1 saturated heterocycles. The van der Waals surface area contributed by atoms with Gasteiger partial charge in [-0.05, 0) is 66.6 Å². The Balaban J connectivity index is 1.44. The lowest BCUT2D eigenvalue weighted by Gasteiger charge is -2.27. The van der Waals surface area contributed by atoms with Crippen molar-refractivity contribution >= 4 is 22.6 Å². The number of nitrogens with two attached hydrogens (primary N) is 1. The van der Waals surface area contributed by atoms with Crippen LogP contribution in [0.4, 0.5) is 5.82 Å². The van der Waals surface area contributed by atoms with Gasteiger partial charge in [0.15, 0.2) is 11.5 Å². The van der Waals surface area contributed by atoms with Gasteiger partial charge in [0.1, 0.15) is 11.3 Å². The van der Waals surface area contributed by atoms with E-state index in [9.17, 15) is 0 Å². The number of nitrogens with one attached hydrogen (secondary N) is 1. The van der Waals surface area contributed by atoms with Crippen LogP contribution < -0.4 is 11.1 Å². The number of pyridine rings is 2. The van der Waals surface area contributed by atoms with Gasteiger partial charge in [0.05, 0.1) is 11.3 Å². The van der Waals surface area contributed by atoms with Crippen LogP contribution in [0.15, 0.2) is 72.5 Å². The van der Waals surface area contributed by atoms with Crippen molar-refractivity contribution in [3.63, 3.8) is 0 Å². The van der Waals surface area contributed by atoms with E-state index in [2.05, 4.69) is 63.1 Å². The minimum Gasteiger partial charge on any atom is -0.383 e. The van der Waals surface area contributed by atoms with Crippen molar-refractivity contribution in [3.05, 3.63) is 83.7 Å². The molecule has 34 heavy (non-hydrogen) atoms. The lowest BCUT2D eigenvalue weighted by atomic mass is 9.97. The average molecular weight is 450 g/mol. The molecular weight excluding hydrogens is 422 g/mol. The van der Waals surface area contributed by atoms with Crippen molar-refractivity contribution < 1.29 is 0 Å². The van der Waals surface area contributed by atoms with Crippen LogP contribution in [-0.4, -0.2) is 50.6 Å². The van der Waals surface area contributed by atoms with Crippen LogP contribution in [0.25, 0.3) is 33.8 Å². The molecule has 1 aliphatic heterocycles. The van der Waals surface area contributed by atoms with E-state index in [1.54, 1.807) is 6.20 Å². The first-order valence-electron chi connectivity index (χ1n) is 11.7.